The van der Waals surface area contributed by atoms with Crippen molar-refractivity contribution < 1.29 is 14.6 Å². The van der Waals surface area contributed by atoms with Gasteiger partial charge in [-0.2, -0.15) is 0 Å². The van der Waals surface area contributed by atoms with Gasteiger partial charge < -0.3 is 14.6 Å². The van der Waals surface area contributed by atoms with Gasteiger partial charge in [0.15, 0.2) is 11.5 Å². The van der Waals surface area contributed by atoms with Gasteiger partial charge in [0.25, 0.3) is 0 Å². The summed E-state index contributed by atoms with van der Waals surface area (Å²) >= 11 is 11.2. The number of aliphatic hydroxyl groups is 1. The highest BCUT2D eigenvalue weighted by Gasteiger charge is 2.08. The minimum atomic E-state index is -0.688. The molecule has 1 aromatic rings. The molecule has 1 rings (SSSR count). The first-order valence-corrected chi connectivity index (χ1v) is 5.29. The third kappa shape index (κ3) is 3.78. The molecule has 0 saturated carbocycles. The van der Waals surface area contributed by atoms with E-state index in [9.17, 15) is 5.11 Å². The minimum absolute atomic E-state index is 0.126. The molecule has 0 bridgehead atoms. The van der Waals surface area contributed by atoms with Gasteiger partial charge in [-0.25, -0.2) is 0 Å². The van der Waals surface area contributed by atoms with Gasteiger partial charge in [0.05, 0.1) is 13.0 Å². The molecule has 0 spiro atoms. The average molecular weight is 251 g/mol. The van der Waals surface area contributed by atoms with E-state index in [-0.39, 0.29) is 12.5 Å². The zero-order valence-electron chi connectivity index (χ0n) is 8.24. The number of alkyl halides is 1. The van der Waals surface area contributed by atoms with Crippen molar-refractivity contribution in [2.75, 3.05) is 19.6 Å². The van der Waals surface area contributed by atoms with E-state index in [0.29, 0.717) is 16.5 Å². The maximum atomic E-state index is 9.21. The van der Waals surface area contributed by atoms with Crippen molar-refractivity contribution in [1.29, 1.82) is 0 Å². The molecule has 1 atom stereocenters. The van der Waals surface area contributed by atoms with Crippen LogP contribution in [0.5, 0.6) is 11.5 Å². The Hall–Kier alpha value is -0.640. The minimum Gasteiger partial charge on any atom is -0.493 e. The monoisotopic (exact) mass is 250 g/mol. The van der Waals surface area contributed by atoms with E-state index in [2.05, 4.69) is 0 Å². The Balaban J connectivity index is 2.67. The fourth-order valence-electron chi connectivity index (χ4n) is 0.991. The average Bonchev–Trinajstić information content (AvgIpc) is 2.26. The van der Waals surface area contributed by atoms with Crippen molar-refractivity contribution in [3.63, 3.8) is 0 Å². The molecule has 0 radical (unpaired) electrons. The zero-order valence-corrected chi connectivity index (χ0v) is 9.76. The maximum Gasteiger partial charge on any atom is 0.162 e. The van der Waals surface area contributed by atoms with E-state index in [4.69, 9.17) is 32.7 Å². The molecule has 0 fully saturated rings. The highest BCUT2D eigenvalue weighted by molar-refractivity contribution is 6.30. The Kier molecular flexibility index (Phi) is 5.02. The third-order valence-corrected chi connectivity index (χ3v) is 2.33. The number of halogens is 2. The Morgan fingerprint density at radius 3 is 2.73 bits per heavy atom. The van der Waals surface area contributed by atoms with E-state index in [1.165, 1.54) is 7.11 Å². The number of benzene rings is 1. The second-order valence-corrected chi connectivity index (χ2v) is 3.66. The van der Waals surface area contributed by atoms with Gasteiger partial charge in [0.1, 0.15) is 12.7 Å². The van der Waals surface area contributed by atoms with Gasteiger partial charge in [-0.15, -0.1) is 11.6 Å². The Labute approximate surface area is 98.5 Å². The van der Waals surface area contributed by atoms with E-state index in [1.807, 2.05) is 0 Å². The van der Waals surface area contributed by atoms with Crippen LogP contribution >= 0.6 is 23.2 Å². The van der Waals surface area contributed by atoms with Crippen LogP contribution in [0, 0.1) is 0 Å². The molecule has 0 aromatic heterocycles. The lowest BCUT2D eigenvalue weighted by Crippen LogP contribution is -2.19. The number of ether oxygens (including phenoxy) is 2. The quantitative estimate of drug-likeness (QED) is 0.816. The number of methoxy groups -OCH3 is 1. The third-order valence-electron chi connectivity index (χ3n) is 1.74. The summed E-state index contributed by atoms with van der Waals surface area (Å²) in [5.41, 5.74) is 0. The Morgan fingerprint density at radius 1 is 1.40 bits per heavy atom. The molecule has 0 aliphatic rings. The fourth-order valence-corrected chi connectivity index (χ4v) is 1.24. The smallest absolute Gasteiger partial charge is 0.162 e. The summed E-state index contributed by atoms with van der Waals surface area (Å²) in [6, 6.07) is 5.01. The molecule has 0 saturated heterocycles. The molecule has 1 aromatic carbocycles. The van der Waals surface area contributed by atoms with E-state index in [1.54, 1.807) is 18.2 Å². The summed E-state index contributed by atoms with van der Waals surface area (Å²) in [6.45, 7) is 0.126. The normalized spacial score (nSPS) is 12.3. The molecule has 3 nitrogen and oxygen atoms in total. The van der Waals surface area contributed by atoms with Crippen LogP contribution in [0.1, 0.15) is 0 Å². The van der Waals surface area contributed by atoms with Gasteiger partial charge >= 0.3 is 0 Å². The largest absolute Gasteiger partial charge is 0.493 e. The molecular weight excluding hydrogens is 239 g/mol. The molecular formula is C10H12Cl2O3. The molecule has 0 aliphatic carbocycles. The summed E-state index contributed by atoms with van der Waals surface area (Å²) in [4.78, 5) is 0. The van der Waals surface area contributed by atoms with Crippen LogP contribution in [0.2, 0.25) is 5.02 Å². The van der Waals surface area contributed by atoms with Crippen molar-refractivity contribution >= 4 is 23.2 Å². The summed E-state index contributed by atoms with van der Waals surface area (Å²) in [5, 5.41) is 9.78. The first-order chi connectivity index (χ1) is 7.17. The van der Waals surface area contributed by atoms with Gasteiger partial charge in [-0.1, -0.05) is 11.6 Å². The standard InChI is InChI=1S/C10H12Cl2O3/c1-14-10-4-7(12)2-3-9(10)15-6-8(13)5-11/h2-4,8,13H,5-6H2,1H3. The molecule has 84 valence electrons. The number of hydrogen-bond acceptors (Lipinski definition) is 3. The molecule has 0 aliphatic heterocycles. The molecule has 15 heavy (non-hydrogen) atoms. The van der Waals surface area contributed by atoms with Gasteiger partial charge in [0, 0.05) is 11.1 Å². The number of aliphatic hydroxyl groups excluding tert-OH is 1. The first kappa shape index (κ1) is 12.4. The van der Waals surface area contributed by atoms with Crippen LogP contribution in [-0.4, -0.2) is 30.8 Å². The lowest BCUT2D eigenvalue weighted by Gasteiger charge is -2.12. The number of hydrogen-bond donors (Lipinski definition) is 1. The van der Waals surface area contributed by atoms with E-state index < -0.39 is 6.10 Å². The van der Waals surface area contributed by atoms with Crippen molar-refractivity contribution in [3.05, 3.63) is 23.2 Å². The van der Waals surface area contributed by atoms with Gasteiger partial charge in [0.2, 0.25) is 0 Å². The lowest BCUT2D eigenvalue weighted by molar-refractivity contribution is 0.123. The van der Waals surface area contributed by atoms with Gasteiger partial charge in [-0.05, 0) is 12.1 Å². The topological polar surface area (TPSA) is 38.7 Å². The van der Waals surface area contributed by atoms with E-state index >= 15 is 0 Å². The highest BCUT2D eigenvalue weighted by Crippen LogP contribution is 2.29. The maximum absolute atomic E-state index is 9.21. The van der Waals surface area contributed by atoms with Crippen molar-refractivity contribution in [2.24, 2.45) is 0 Å². The Bertz CT molecular complexity index is 318. The van der Waals surface area contributed by atoms with Crippen LogP contribution in [0.15, 0.2) is 18.2 Å². The number of rotatable bonds is 5. The van der Waals surface area contributed by atoms with Crippen molar-refractivity contribution in [3.8, 4) is 11.5 Å². The molecule has 1 N–H and O–H groups in total. The summed E-state index contributed by atoms with van der Waals surface area (Å²) in [6.07, 6.45) is -0.688. The van der Waals surface area contributed by atoms with Crippen molar-refractivity contribution in [2.45, 2.75) is 6.10 Å². The first-order valence-electron chi connectivity index (χ1n) is 4.37. The second-order valence-electron chi connectivity index (χ2n) is 2.91. The van der Waals surface area contributed by atoms with Crippen LogP contribution in [0.3, 0.4) is 0 Å². The predicted octanol–water partition coefficient (Wildman–Crippen LogP) is 2.33. The summed E-state index contributed by atoms with van der Waals surface area (Å²) in [5.74, 6) is 1.20. The molecule has 0 amide bonds. The Morgan fingerprint density at radius 2 is 2.13 bits per heavy atom. The van der Waals surface area contributed by atoms with E-state index in [0.717, 1.165) is 0 Å². The zero-order chi connectivity index (χ0) is 11.3. The summed E-state index contributed by atoms with van der Waals surface area (Å²) < 4.78 is 10.4. The molecule has 0 heterocycles. The highest BCUT2D eigenvalue weighted by atomic mass is 35.5. The summed E-state index contributed by atoms with van der Waals surface area (Å²) in [7, 11) is 1.52. The van der Waals surface area contributed by atoms with Gasteiger partial charge in [-0.3, -0.25) is 0 Å². The SMILES string of the molecule is COc1cc(Cl)ccc1OCC(O)CCl. The molecule has 1 unspecified atom stereocenters. The van der Waals surface area contributed by atoms with Crippen LogP contribution in [-0.2, 0) is 0 Å². The second kappa shape index (κ2) is 6.05. The fraction of sp³-hybridized carbons (Fsp3) is 0.400. The van der Waals surface area contributed by atoms with Crippen LogP contribution < -0.4 is 9.47 Å². The lowest BCUT2D eigenvalue weighted by atomic mass is 10.3. The van der Waals surface area contributed by atoms with Crippen molar-refractivity contribution in [1.82, 2.24) is 0 Å². The predicted molar refractivity (Wildman–Crippen MR) is 60.2 cm³/mol. The molecule has 5 heteroatoms. The van der Waals surface area contributed by atoms with Crippen LogP contribution in [0.4, 0.5) is 0 Å². The van der Waals surface area contributed by atoms with Crippen LogP contribution in [0.25, 0.3) is 0 Å².